The van der Waals surface area contributed by atoms with E-state index < -0.39 is 11.5 Å². The van der Waals surface area contributed by atoms with Crippen LogP contribution >= 0.6 is 0 Å². The van der Waals surface area contributed by atoms with Gasteiger partial charge >= 0.3 is 6.09 Å². The zero-order valence-corrected chi connectivity index (χ0v) is 17.4. The van der Waals surface area contributed by atoms with Crippen LogP contribution in [0.4, 0.5) is 20.8 Å². The number of anilines is 2. The molecule has 1 saturated heterocycles. The average molecular weight is 434 g/mol. The molecule has 2 fully saturated rings. The van der Waals surface area contributed by atoms with Crippen molar-refractivity contribution in [2.45, 2.75) is 31.3 Å². The Hall–Kier alpha value is -3.62. The highest BCUT2D eigenvalue weighted by Gasteiger charge is 2.48. The van der Waals surface area contributed by atoms with Gasteiger partial charge in [0.15, 0.2) is 5.82 Å². The highest BCUT2D eigenvalue weighted by molar-refractivity contribution is 5.89. The van der Waals surface area contributed by atoms with Crippen molar-refractivity contribution >= 4 is 17.7 Å². The Balaban J connectivity index is 1.14. The van der Waals surface area contributed by atoms with E-state index in [9.17, 15) is 9.18 Å². The monoisotopic (exact) mass is 434 g/mol. The molecule has 164 valence electrons. The SMILES string of the molecule is O=C1O[C@]2(CC[C@H](CNc3ccc(-c4cccc(F)n4)cn3)CC2)CN1c1cccnn1. The fraction of sp³-hybridized carbons (Fsp3) is 0.348. The lowest BCUT2D eigenvalue weighted by atomic mass is 9.78. The normalized spacial score (nSPS) is 22.7. The maximum Gasteiger partial charge on any atom is 0.416 e. The van der Waals surface area contributed by atoms with E-state index in [1.807, 2.05) is 12.1 Å². The van der Waals surface area contributed by atoms with E-state index in [4.69, 9.17) is 4.74 Å². The van der Waals surface area contributed by atoms with Gasteiger partial charge in [0.2, 0.25) is 5.95 Å². The number of pyridine rings is 2. The summed E-state index contributed by atoms with van der Waals surface area (Å²) in [7, 11) is 0. The molecule has 3 aromatic heterocycles. The minimum absolute atomic E-state index is 0.348. The Kier molecular flexibility index (Phi) is 5.38. The molecule has 0 aromatic carbocycles. The van der Waals surface area contributed by atoms with Gasteiger partial charge in [-0.1, -0.05) is 6.07 Å². The smallest absolute Gasteiger partial charge is 0.416 e. The summed E-state index contributed by atoms with van der Waals surface area (Å²) in [6.07, 6.45) is 6.48. The number of ether oxygens (including phenoxy) is 1. The number of amides is 1. The summed E-state index contributed by atoms with van der Waals surface area (Å²) in [5.41, 5.74) is 0.886. The van der Waals surface area contributed by atoms with Crippen LogP contribution in [-0.2, 0) is 4.74 Å². The number of carbonyl (C=O) groups excluding carboxylic acids is 1. The highest BCUT2D eigenvalue weighted by Crippen LogP contribution is 2.40. The Bertz CT molecular complexity index is 1090. The quantitative estimate of drug-likeness (QED) is 0.605. The predicted octanol–water partition coefficient (Wildman–Crippen LogP) is 4.07. The largest absolute Gasteiger partial charge is 0.441 e. The first-order valence-electron chi connectivity index (χ1n) is 10.7. The maximum absolute atomic E-state index is 13.3. The van der Waals surface area contributed by atoms with E-state index in [1.165, 1.54) is 6.07 Å². The summed E-state index contributed by atoms with van der Waals surface area (Å²) in [5.74, 6) is 1.26. The molecule has 1 N–H and O–H groups in total. The van der Waals surface area contributed by atoms with Gasteiger partial charge in [0.25, 0.3) is 0 Å². The molecule has 3 aromatic rings. The summed E-state index contributed by atoms with van der Waals surface area (Å²) in [6, 6.07) is 12.0. The van der Waals surface area contributed by atoms with E-state index in [0.29, 0.717) is 24.0 Å². The molecule has 1 spiro atoms. The molecule has 0 bridgehead atoms. The van der Waals surface area contributed by atoms with Gasteiger partial charge in [-0.05, 0) is 68.0 Å². The average Bonchev–Trinajstić information content (AvgIpc) is 3.15. The van der Waals surface area contributed by atoms with Crippen LogP contribution in [0.1, 0.15) is 25.7 Å². The molecular weight excluding hydrogens is 411 g/mol. The van der Waals surface area contributed by atoms with Crippen molar-refractivity contribution in [2.24, 2.45) is 5.92 Å². The lowest BCUT2D eigenvalue weighted by Gasteiger charge is -2.35. The molecule has 32 heavy (non-hydrogen) atoms. The topological polar surface area (TPSA) is 93.1 Å². The third-order valence-electron chi connectivity index (χ3n) is 6.17. The zero-order valence-electron chi connectivity index (χ0n) is 17.4. The molecule has 5 rings (SSSR count). The Morgan fingerprint density at radius 2 is 2.03 bits per heavy atom. The van der Waals surface area contributed by atoms with Crippen molar-refractivity contribution in [2.75, 3.05) is 23.3 Å². The Morgan fingerprint density at radius 1 is 1.16 bits per heavy atom. The third-order valence-corrected chi connectivity index (χ3v) is 6.17. The molecule has 1 aliphatic carbocycles. The number of rotatable bonds is 5. The first kappa shape index (κ1) is 20.3. The summed E-state index contributed by atoms with van der Waals surface area (Å²) in [5, 5.41) is 11.3. The number of nitrogens with zero attached hydrogens (tertiary/aromatic N) is 5. The van der Waals surface area contributed by atoms with E-state index in [-0.39, 0.29) is 6.09 Å². The second-order valence-corrected chi connectivity index (χ2v) is 8.32. The highest BCUT2D eigenvalue weighted by atomic mass is 19.1. The second kappa shape index (κ2) is 8.49. The van der Waals surface area contributed by atoms with Gasteiger partial charge in [0, 0.05) is 24.5 Å². The Labute approximate surface area is 184 Å². The van der Waals surface area contributed by atoms with Crippen LogP contribution in [0.5, 0.6) is 0 Å². The number of hydrogen-bond acceptors (Lipinski definition) is 7. The van der Waals surface area contributed by atoms with Crippen molar-refractivity contribution in [3.05, 3.63) is 60.8 Å². The van der Waals surface area contributed by atoms with E-state index in [2.05, 4.69) is 25.5 Å². The van der Waals surface area contributed by atoms with Crippen LogP contribution in [0.25, 0.3) is 11.3 Å². The van der Waals surface area contributed by atoms with Gasteiger partial charge in [-0.15, -0.1) is 5.10 Å². The van der Waals surface area contributed by atoms with Gasteiger partial charge < -0.3 is 10.1 Å². The van der Waals surface area contributed by atoms with Crippen LogP contribution in [-0.4, -0.2) is 44.9 Å². The van der Waals surface area contributed by atoms with Crippen LogP contribution in [0.15, 0.2) is 54.9 Å². The fourth-order valence-electron chi connectivity index (χ4n) is 4.37. The molecule has 1 saturated carbocycles. The molecule has 0 atom stereocenters. The summed E-state index contributed by atoms with van der Waals surface area (Å²) >= 11 is 0. The molecule has 1 aliphatic heterocycles. The van der Waals surface area contributed by atoms with Crippen LogP contribution in [0.2, 0.25) is 0 Å². The van der Waals surface area contributed by atoms with Gasteiger partial charge in [-0.2, -0.15) is 9.49 Å². The van der Waals surface area contributed by atoms with Crippen LogP contribution in [0.3, 0.4) is 0 Å². The van der Waals surface area contributed by atoms with Crippen LogP contribution < -0.4 is 10.2 Å². The van der Waals surface area contributed by atoms with Crippen molar-refractivity contribution in [1.82, 2.24) is 20.2 Å². The first-order valence-corrected chi connectivity index (χ1v) is 10.7. The number of aromatic nitrogens is 4. The van der Waals surface area contributed by atoms with Gasteiger partial charge in [0.1, 0.15) is 11.4 Å². The number of carbonyl (C=O) groups is 1. The van der Waals surface area contributed by atoms with Crippen molar-refractivity contribution in [1.29, 1.82) is 0 Å². The summed E-state index contributed by atoms with van der Waals surface area (Å²) in [4.78, 5) is 22.3. The molecule has 4 heterocycles. The number of nitrogens with one attached hydrogen (secondary N) is 1. The zero-order chi connectivity index (χ0) is 22.0. The maximum atomic E-state index is 13.3. The lowest BCUT2D eigenvalue weighted by molar-refractivity contribution is 0.0148. The molecular formula is C23H23FN6O2. The second-order valence-electron chi connectivity index (χ2n) is 8.32. The lowest BCUT2D eigenvalue weighted by Crippen LogP contribution is -2.39. The van der Waals surface area contributed by atoms with Gasteiger partial charge in [0.05, 0.1) is 12.2 Å². The van der Waals surface area contributed by atoms with Crippen molar-refractivity contribution in [3.63, 3.8) is 0 Å². The summed E-state index contributed by atoms with van der Waals surface area (Å²) < 4.78 is 19.1. The molecule has 0 unspecified atom stereocenters. The number of hydrogen-bond donors (Lipinski definition) is 1. The molecule has 0 radical (unpaired) electrons. The molecule has 8 nitrogen and oxygen atoms in total. The van der Waals surface area contributed by atoms with Gasteiger partial charge in [-0.3, -0.25) is 4.90 Å². The summed E-state index contributed by atoms with van der Waals surface area (Å²) in [6.45, 7) is 1.31. The minimum Gasteiger partial charge on any atom is -0.441 e. The van der Waals surface area contributed by atoms with Crippen molar-refractivity contribution in [3.8, 4) is 11.3 Å². The van der Waals surface area contributed by atoms with E-state index in [1.54, 1.807) is 41.6 Å². The van der Waals surface area contributed by atoms with Crippen molar-refractivity contribution < 1.29 is 13.9 Å². The number of halogens is 1. The molecule has 1 amide bonds. The third kappa shape index (κ3) is 4.23. The standard InChI is InChI=1S/C23H23FN6O2/c24-19-4-1-3-18(28-19)17-6-7-20(26-14-17)25-13-16-8-10-23(11-9-16)15-30(22(31)32-23)21-5-2-12-27-29-21/h1-7,12,14,16H,8-11,13,15H2,(H,25,26)/t16-,23-. The molecule has 9 heteroatoms. The fourth-order valence-corrected chi connectivity index (χ4v) is 4.37. The Morgan fingerprint density at radius 3 is 2.75 bits per heavy atom. The molecule has 2 aliphatic rings. The van der Waals surface area contributed by atoms with E-state index in [0.717, 1.165) is 43.6 Å². The van der Waals surface area contributed by atoms with E-state index >= 15 is 0 Å². The van der Waals surface area contributed by atoms with Gasteiger partial charge in [-0.25, -0.2) is 14.8 Å². The first-order chi connectivity index (χ1) is 15.6. The van der Waals surface area contributed by atoms with Crippen LogP contribution in [0, 0.1) is 11.9 Å². The minimum atomic E-state index is -0.507. The predicted molar refractivity (Wildman–Crippen MR) is 116 cm³/mol.